The van der Waals surface area contributed by atoms with E-state index in [4.69, 9.17) is 5.73 Å². The van der Waals surface area contributed by atoms with Crippen LogP contribution in [0.2, 0.25) is 0 Å². The van der Waals surface area contributed by atoms with Gasteiger partial charge in [0.25, 0.3) is 0 Å². The Morgan fingerprint density at radius 3 is 2.73 bits per heavy atom. The van der Waals surface area contributed by atoms with Crippen molar-refractivity contribution in [1.29, 1.82) is 0 Å². The number of likely N-dealkylation sites (tertiary alicyclic amines) is 1. The van der Waals surface area contributed by atoms with Crippen LogP contribution in [0.3, 0.4) is 0 Å². The van der Waals surface area contributed by atoms with Crippen molar-refractivity contribution in [2.24, 2.45) is 5.73 Å². The molecule has 1 aliphatic rings. The average molecular weight is 179 g/mol. The monoisotopic (exact) mass is 178 g/mol. The van der Waals surface area contributed by atoms with Crippen LogP contribution in [0.15, 0.2) is 0 Å². The molecule has 0 spiro atoms. The highest BCUT2D eigenvalue weighted by molar-refractivity contribution is 5.85. The predicted octanol–water partition coefficient (Wildman–Crippen LogP) is 0.378. The van der Waals surface area contributed by atoms with E-state index < -0.39 is 0 Å². The van der Waals surface area contributed by atoms with Gasteiger partial charge >= 0.3 is 0 Å². The van der Waals surface area contributed by atoms with Crippen LogP contribution in [0.5, 0.6) is 0 Å². The summed E-state index contributed by atoms with van der Waals surface area (Å²) in [5.41, 5.74) is 5.18. The van der Waals surface area contributed by atoms with Crippen LogP contribution < -0.4 is 5.73 Å². The molecule has 0 bridgehead atoms. The maximum Gasteiger partial charge on any atom is 0.234 e. The van der Waals surface area contributed by atoms with Gasteiger partial charge in [0, 0.05) is 0 Å². The van der Waals surface area contributed by atoms with Crippen molar-refractivity contribution in [2.75, 3.05) is 13.1 Å². The Hall–Kier alpha value is -0.280. The first kappa shape index (κ1) is 10.7. The van der Waals surface area contributed by atoms with E-state index in [-0.39, 0.29) is 24.4 Å². The first-order valence-electron chi connectivity index (χ1n) is 3.79. The maximum atomic E-state index is 10.8. The Bertz CT molecular complexity index is 140. The number of hydrogen-bond acceptors (Lipinski definition) is 2. The van der Waals surface area contributed by atoms with Gasteiger partial charge in [0.15, 0.2) is 0 Å². The van der Waals surface area contributed by atoms with Gasteiger partial charge in [-0.2, -0.15) is 0 Å². The molecule has 0 aromatic rings. The number of likely N-dealkylation sites (N-methyl/N-ethyl adjacent to an activating group) is 1. The largest absolute Gasteiger partial charge is 0.368 e. The van der Waals surface area contributed by atoms with Gasteiger partial charge in [0.05, 0.1) is 6.04 Å². The molecule has 1 aliphatic heterocycles. The number of rotatable bonds is 2. The highest BCUT2D eigenvalue weighted by atomic mass is 35.5. The van der Waals surface area contributed by atoms with Crippen molar-refractivity contribution in [2.45, 2.75) is 25.8 Å². The molecule has 0 saturated carbocycles. The SMILES string of the molecule is CCN1CCCC1C(N)=O.Cl. The summed E-state index contributed by atoms with van der Waals surface area (Å²) >= 11 is 0. The summed E-state index contributed by atoms with van der Waals surface area (Å²) in [6, 6.07) is 0.0185. The normalized spacial score (nSPS) is 24.6. The summed E-state index contributed by atoms with van der Waals surface area (Å²) in [5, 5.41) is 0. The zero-order valence-corrected chi connectivity index (χ0v) is 7.56. The highest BCUT2D eigenvalue weighted by Gasteiger charge is 2.26. The Kier molecular flexibility index (Phi) is 4.45. The second-order valence-corrected chi connectivity index (χ2v) is 2.69. The van der Waals surface area contributed by atoms with Crippen LogP contribution >= 0.6 is 12.4 Å². The Balaban J connectivity index is 0.000001000. The number of halogens is 1. The molecule has 1 amide bonds. The zero-order valence-electron chi connectivity index (χ0n) is 6.75. The standard InChI is InChI=1S/C7H14N2O.ClH/c1-2-9-5-3-4-6(9)7(8)10;/h6H,2-5H2,1H3,(H2,8,10);1H. The van der Waals surface area contributed by atoms with Crippen LogP contribution in [0.1, 0.15) is 19.8 Å². The molecule has 1 unspecified atom stereocenters. The van der Waals surface area contributed by atoms with Crippen molar-refractivity contribution in [3.8, 4) is 0 Å². The van der Waals surface area contributed by atoms with Gasteiger partial charge in [0.1, 0.15) is 0 Å². The molecule has 1 heterocycles. The Morgan fingerprint density at radius 2 is 2.36 bits per heavy atom. The van der Waals surface area contributed by atoms with E-state index in [0.29, 0.717) is 0 Å². The minimum absolute atomic E-state index is 0. The van der Waals surface area contributed by atoms with Crippen LogP contribution in [-0.2, 0) is 4.79 Å². The lowest BCUT2D eigenvalue weighted by molar-refractivity contribution is -0.122. The summed E-state index contributed by atoms with van der Waals surface area (Å²) in [4.78, 5) is 12.9. The molecule has 0 aliphatic carbocycles. The molecule has 0 radical (unpaired) electrons. The highest BCUT2D eigenvalue weighted by Crippen LogP contribution is 2.15. The average Bonchev–Trinajstić information content (AvgIpc) is 2.33. The Morgan fingerprint density at radius 1 is 1.73 bits per heavy atom. The summed E-state index contributed by atoms with van der Waals surface area (Å²) in [5.74, 6) is -0.167. The molecule has 0 aromatic carbocycles. The smallest absolute Gasteiger partial charge is 0.234 e. The number of primary amides is 1. The van der Waals surface area contributed by atoms with Crippen molar-refractivity contribution in [3.63, 3.8) is 0 Å². The molecular weight excluding hydrogens is 164 g/mol. The molecule has 2 N–H and O–H groups in total. The summed E-state index contributed by atoms with van der Waals surface area (Å²) in [7, 11) is 0. The van der Waals surface area contributed by atoms with Crippen LogP contribution in [0.4, 0.5) is 0 Å². The van der Waals surface area contributed by atoms with E-state index in [1.165, 1.54) is 0 Å². The minimum Gasteiger partial charge on any atom is -0.368 e. The number of amides is 1. The summed E-state index contributed by atoms with van der Waals surface area (Å²) in [6.45, 7) is 4.03. The Labute approximate surface area is 73.3 Å². The molecule has 11 heavy (non-hydrogen) atoms. The second kappa shape index (κ2) is 4.57. The minimum atomic E-state index is -0.167. The van der Waals surface area contributed by atoms with Gasteiger partial charge in [-0.1, -0.05) is 6.92 Å². The van der Waals surface area contributed by atoms with Gasteiger partial charge < -0.3 is 5.73 Å². The van der Waals surface area contributed by atoms with E-state index in [1.807, 2.05) is 0 Å². The third-order valence-electron chi connectivity index (χ3n) is 2.10. The van der Waals surface area contributed by atoms with E-state index in [0.717, 1.165) is 25.9 Å². The maximum absolute atomic E-state index is 10.8. The molecule has 1 atom stereocenters. The third kappa shape index (κ3) is 2.34. The molecule has 1 rings (SSSR count). The number of carbonyl (C=O) groups excluding carboxylic acids is 1. The fraction of sp³-hybridized carbons (Fsp3) is 0.857. The molecule has 0 aromatic heterocycles. The van der Waals surface area contributed by atoms with Gasteiger partial charge in [-0.3, -0.25) is 9.69 Å². The van der Waals surface area contributed by atoms with Crippen LogP contribution in [0.25, 0.3) is 0 Å². The van der Waals surface area contributed by atoms with Gasteiger partial charge in [-0.15, -0.1) is 12.4 Å². The number of carbonyl (C=O) groups is 1. The van der Waals surface area contributed by atoms with Crippen molar-refractivity contribution >= 4 is 18.3 Å². The van der Waals surface area contributed by atoms with Crippen LogP contribution in [0, 0.1) is 0 Å². The number of nitrogens with zero attached hydrogens (tertiary/aromatic N) is 1. The molecule has 66 valence electrons. The molecule has 1 saturated heterocycles. The third-order valence-corrected chi connectivity index (χ3v) is 2.10. The zero-order chi connectivity index (χ0) is 7.56. The topological polar surface area (TPSA) is 46.3 Å². The fourth-order valence-corrected chi connectivity index (χ4v) is 1.53. The van der Waals surface area contributed by atoms with Gasteiger partial charge in [-0.05, 0) is 25.9 Å². The van der Waals surface area contributed by atoms with Crippen molar-refractivity contribution in [3.05, 3.63) is 0 Å². The van der Waals surface area contributed by atoms with Gasteiger partial charge in [-0.25, -0.2) is 0 Å². The molecule has 4 heteroatoms. The first-order valence-corrected chi connectivity index (χ1v) is 3.79. The lowest BCUT2D eigenvalue weighted by Gasteiger charge is -2.18. The second-order valence-electron chi connectivity index (χ2n) is 2.69. The lowest BCUT2D eigenvalue weighted by atomic mass is 10.2. The lowest BCUT2D eigenvalue weighted by Crippen LogP contribution is -2.39. The van der Waals surface area contributed by atoms with E-state index in [9.17, 15) is 4.79 Å². The fourth-order valence-electron chi connectivity index (χ4n) is 1.53. The predicted molar refractivity (Wildman–Crippen MR) is 46.7 cm³/mol. The summed E-state index contributed by atoms with van der Waals surface area (Å²) < 4.78 is 0. The molecule has 1 fully saturated rings. The molecular formula is C7H15ClN2O. The van der Waals surface area contributed by atoms with Crippen molar-refractivity contribution in [1.82, 2.24) is 4.90 Å². The van der Waals surface area contributed by atoms with E-state index in [2.05, 4.69) is 11.8 Å². The number of hydrogen-bond donors (Lipinski definition) is 1. The summed E-state index contributed by atoms with van der Waals surface area (Å²) in [6.07, 6.45) is 2.06. The van der Waals surface area contributed by atoms with Gasteiger partial charge in [0.2, 0.25) is 5.91 Å². The number of nitrogens with two attached hydrogens (primary N) is 1. The quantitative estimate of drug-likeness (QED) is 0.665. The first-order chi connectivity index (χ1) is 4.75. The van der Waals surface area contributed by atoms with Crippen molar-refractivity contribution < 1.29 is 4.79 Å². The van der Waals surface area contributed by atoms with E-state index >= 15 is 0 Å². The van der Waals surface area contributed by atoms with E-state index in [1.54, 1.807) is 0 Å². The van der Waals surface area contributed by atoms with Crippen LogP contribution in [-0.4, -0.2) is 29.9 Å². The molecule has 3 nitrogen and oxygen atoms in total.